The van der Waals surface area contributed by atoms with Gasteiger partial charge in [0.05, 0.1) is 17.9 Å². The number of methoxy groups -OCH3 is 1. The summed E-state index contributed by atoms with van der Waals surface area (Å²) in [5.74, 6) is 0.397. The van der Waals surface area contributed by atoms with Gasteiger partial charge in [-0.1, -0.05) is 0 Å². The van der Waals surface area contributed by atoms with Crippen LogP contribution in [0.25, 0.3) is 5.82 Å². The molecule has 0 atom stereocenters. The van der Waals surface area contributed by atoms with E-state index in [1.54, 1.807) is 21.6 Å². The second-order valence-electron chi connectivity index (χ2n) is 5.77. The SMILES string of the molecule is COCCS(=O)(=O)N1CCN(C(=O)c2ccc(-n3cnnc3)nc2)CC1. The molecule has 0 aromatic carbocycles. The van der Waals surface area contributed by atoms with Crippen LogP contribution in [0.15, 0.2) is 31.0 Å². The highest BCUT2D eigenvalue weighted by atomic mass is 32.2. The van der Waals surface area contributed by atoms with E-state index in [0.29, 0.717) is 24.5 Å². The van der Waals surface area contributed by atoms with E-state index >= 15 is 0 Å². The molecule has 3 rings (SSSR count). The summed E-state index contributed by atoms with van der Waals surface area (Å²) in [6.45, 7) is 1.41. The molecule has 0 bridgehead atoms. The summed E-state index contributed by atoms with van der Waals surface area (Å²) < 4.78 is 32.2. The van der Waals surface area contributed by atoms with Crippen molar-refractivity contribution in [3.05, 3.63) is 36.5 Å². The number of sulfonamides is 1. The van der Waals surface area contributed by atoms with E-state index in [1.165, 1.54) is 30.3 Å². The summed E-state index contributed by atoms with van der Waals surface area (Å²) >= 11 is 0. The predicted molar refractivity (Wildman–Crippen MR) is 92.3 cm³/mol. The molecule has 140 valence electrons. The van der Waals surface area contributed by atoms with Crippen LogP contribution in [0.1, 0.15) is 10.4 Å². The van der Waals surface area contributed by atoms with Gasteiger partial charge < -0.3 is 9.64 Å². The lowest BCUT2D eigenvalue weighted by molar-refractivity contribution is 0.0697. The molecular weight excluding hydrogens is 360 g/mol. The molecule has 0 saturated carbocycles. The summed E-state index contributed by atoms with van der Waals surface area (Å²) in [5.41, 5.74) is 0.456. The third kappa shape index (κ3) is 4.06. The van der Waals surface area contributed by atoms with Crippen LogP contribution in [0.2, 0.25) is 0 Å². The molecule has 0 aliphatic carbocycles. The zero-order valence-corrected chi connectivity index (χ0v) is 15.2. The van der Waals surface area contributed by atoms with Crippen molar-refractivity contribution < 1.29 is 17.9 Å². The molecular formula is C15H20N6O4S. The molecule has 2 aromatic heterocycles. The van der Waals surface area contributed by atoms with E-state index in [-0.39, 0.29) is 31.4 Å². The first-order valence-corrected chi connectivity index (χ1v) is 9.69. The Morgan fingerprint density at radius 2 is 1.85 bits per heavy atom. The molecule has 2 aromatic rings. The Bertz CT molecular complexity index is 830. The van der Waals surface area contributed by atoms with Gasteiger partial charge in [0.2, 0.25) is 10.0 Å². The maximum atomic E-state index is 12.6. The number of carbonyl (C=O) groups is 1. The monoisotopic (exact) mass is 380 g/mol. The van der Waals surface area contributed by atoms with Gasteiger partial charge in [0.25, 0.3) is 5.91 Å². The summed E-state index contributed by atoms with van der Waals surface area (Å²) in [7, 11) is -1.88. The van der Waals surface area contributed by atoms with Crippen LogP contribution in [0.5, 0.6) is 0 Å². The lowest BCUT2D eigenvalue weighted by Gasteiger charge is -2.34. The van der Waals surface area contributed by atoms with Crippen molar-refractivity contribution in [2.45, 2.75) is 0 Å². The van der Waals surface area contributed by atoms with Crippen molar-refractivity contribution in [2.75, 3.05) is 45.6 Å². The smallest absolute Gasteiger partial charge is 0.255 e. The minimum atomic E-state index is -3.35. The van der Waals surface area contributed by atoms with Crippen molar-refractivity contribution in [3.8, 4) is 5.82 Å². The van der Waals surface area contributed by atoms with Gasteiger partial charge >= 0.3 is 0 Å². The van der Waals surface area contributed by atoms with Crippen LogP contribution in [-0.2, 0) is 14.8 Å². The molecule has 0 spiro atoms. The number of pyridine rings is 1. The molecule has 0 unspecified atom stereocenters. The summed E-state index contributed by atoms with van der Waals surface area (Å²) in [6.07, 6.45) is 4.54. The molecule has 0 radical (unpaired) electrons. The average molecular weight is 380 g/mol. The minimum Gasteiger partial charge on any atom is -0.384 e. The van der Waals surface area contributed by atoms with E-state index in [9.17, 15) is 13.2 Å². The Morgan fingerprint density at radius 3 is 2.42 bits per heavy atom. The predicted octanol–water partition coefficient (Wildman–Crippen LogP) is -0.604. The van der Waals surface area contributed by atoms with Gasteiger partial charge in [0, 0.05) is 39.5 Å². The second kappa shape index (κ2) is 7.89. The van der Waals surface area contributed by atoms with E-state index in [4.69, 9.17) is 4.74 Å². The Morgan fingerprint density at radius 1 is 1.15 bits per heavy atom. The summed E-state index contributed by atoms with van der Waals surface area (Å²) in [4.78, 5) is 18.5. The van der Waals surface area contributed by atoms with Crippen molar-refractivity contribution >= 4 is 15.9 Å². The fraction of sp³-hybridized carbons (Fsp3) is 0.467. The van der Waals surface area contributed by atoms with Gasteiger partial charge in [-0.25, -0.2) is 13.4 Å². The van der Waals surface area contributed by atoms with Gasteiger partial charge in [-0.15, -0.1) is 10.2 Å². The first kappa shape index (κ1) is 18.4. The molecule has 1 aliphatic heterocycles. The van der Waals surface area contributed by atoms with Crippen LogP contribution in [-0.4, -0.2) is 88.9 Å². The second-order valence-corrected chi connectivity index (χ2v) is 7.86. The minimum absolute atomic E-state index is 0.0497. The van der Waals surface area contributed by atoms with E-state index in [2.05, 4.69) is 15.2 Å². The van der Waals surface area contributed by atoms with Gasteiger partial charge in [-0.3, -0.25) is 9.36 Å². The van der Waals surface area contributed by atoms with Gasteiger partial charge in [-0.05, 0) is 12.1 Å². The summed E-state index contributed by atoms with van der Waals surface area (Å²) in [6, 6.07) is 3.40. The van der Waals surface area contributed by atoms with Crippen LogP contribution in [0.4, 0.5) is 0 Å². The van der Waals surface area contributed by atoms with Gasteiger partial charge in [0.1, 0.15) is 18.5 Å². The highest BCUT2D eigenvalue weighted by Crippen LogP contribution is 2.12. The van der Waals surface area contributed by atoms with Crippen LogP contribution in [0, 0.1) is 0 Å². The number of hydrogen-bond donors (Lipinski definition) is 0. The number of aromatic nitrogens is 4. The quantitative estimate of drug-likeness (QED) is 0.658. The number of piperazine rings is 1. The first-order valence-electron chi connectivity index (χ1n) is 8.08. The third-order valence-corrected chi connectivity index (χ3v) is 5.98. The molecule has 1 fully saturated rings. The molecule has 10 nitrogen and oxygen atoms in total. The average Bonchev–Trinajstić information content (AvgIpc) is 3.21. The van der Waals surface area contributed by atoms with E-state index in [0.717, 1.165) is 0 Å². The molecule has 0 N–H and O–H groups in total. The molecule has 3 heterocycles. The lowest BCUT2D eigenvalue weighted by Crippen LogP contribution is -2.51. The Kier molecular flexibility index (Phi) is 5.59. The standard InChI is InChI=1S/C15H20N6O4S/c1-25-8-9-26(23,24)21-6-4-19(5-7-21)15(22)13-2-3-14(16-10-13)20-11-17-18-12-20/h2-3,10-12H,4-9H2,1H3. The highest BCUT2D eigenvalue weighted by molar-refractivity contribution is 7.89. The normalized spacial score (nSPS) is 16.0. The third-order valence-electron chi connectivity index (χ3n) is 4.14. The number of hydrogen-bond acceptors (Lipinski definition) is 7. The van der Waals surface area contributed by atoms with E-state index in [1.807, 2.05) is 0 Å². The number of rotatable bonds is 6. The Hall–Kier alpha value is -2.37. The number of ether oxygens (including phenoxy) is 1. The zero-order chi connectivity index (χ0) is 18.6. The number of nitrogens with zero attached hydrogens (tertiary/aromatic N) is 6. The number of carbonyl (C=O) groups excluding carboxylic acids is 1. The van der Waals surface area contributed by atoms with Crippen LogP contribution >= 0.6 is 0 Å². The number of amides is 1. The Balaban J connectivity index is 1.60. The highest BCUT2D eigenvalue weighted by Gasteiger charge is 2.29. The molecule has 26 heavy (non-hydrogen) atoms. The molecule has 1 aliphatic rings. The first-order chi connectivity index (χ1) is 12.5. The zero-order valence-electron chi connectivity index (χ0n) is 14.4. The topological polar surface area (TPSA) is 111 Å². The van der Waals surface area contributed by atoms with Crippen molar-refractivity contribution in [1.82, 2.24) is 29.0 Å². The van der Waals surface area contributed by atoms with Crippen molar-refractivity contribution in [1.29, 1.82) is 0 Å². The van der Waals surface area contributed by atoms with Crippen molar-refractivity contribution in [2.24, 2.45) is 0 Å². The van der Waals surface area contributed by atoms with Crippen molar-refractivity contribution in [3.63, 3.8) is 0 Å². The maximum absolute atomic E-state index is 12.6. The fourth-order valence-electron chi connectivity index (χ4n) is 2.65. The maximum Gasteiger partial charge on any atom is 0.255 e. The molecule has 1 saturated heterocycles. The summed E-state index contributed by atoms with van der Waals surface area (Å²) in [5, 5.41) is 7.42. The van der Waals surface area contributed by atoms with Gasteiger partial charge in [0.15, 0.2) is 0 Å². The van der Waals surface area contributed by atoms with Crippen LogP contribution < -0.4 is 0 Å². The largest absolute Gasteiger partial charge is 0.384 e. The lowest BCUT2D eigenvalue weighted by atomic mass is 10.2. The molecule has 11 heteroatoms. The van der Waals surface area contributed by atoms with E-state index < -0.39 is 10.0 Å². The Labute approximate surface area is 151 Å². The van der Waals surface area contributed by atoms with Crippen LogP contribution in [0.3, 0.4) is 0 Å². The molecule has 1 amide bonds. The van der Waals surface area contributed by atoms with Gasteiger partial charge in [-0.2, -0.15) is 4.31 Å². The fourth-order valence-corrected chi connectivity index (χ4v) is 4.01.